The van der Waals surface area contributed by atoms with Crippen LogP contribution in [0, 0.1) is 5.82 Å². The molecule has 0 bridgehead atoms. The summed E-state index contributed by atoms with van der Waals surface area (Å²) >= 11 is 5.83. The lowest BCUT2D eigenvalue weighted by atomic mass is 9.95. The smallest absolute Gasteiger partial charge is 0.319 e. The van der Waals surface area contributed by atoms with Gasteiger partial charge >= 0.3 is 6.01 Å². The van der Waals surface area contributed by atoms with Gasteiger partial charge in [0.25, 0.3) is 0 Å². The first-order valence-electron chi connectivity index (χ1n) is 9.78. The zero-order chi connectivity index (χ0) is 20.3. The van der Waals surface area contributed by atoms with Gasteiger partial charge in [0.1, 0.15) is 30.3 Å². The van der Waals surface area contributed by atoms with Gasteiger partial charge in [-0.25, -0.2) is 18.2 Å². The quantitative estimate of drug-likeness (QED) is 0.682. The topological polar surface area (TPSA) is 54.4 Å². The van der Waals surface area contributed by atoms with E-state index >= 15 is 0 Å². The summed E-state index contributed by atoms with van der Waals surface area (Å²) in [5, 5.41) is 0.0355. The highest BCUT2D eigenvalue weighted by atomic mass is 35.5. The third kappa shape index (κ3) is 3.18. The van der Waals surface area contributed by atoms with Crippen LogP contribution in [0.15, 0.2) is 6.20 Å². The number of fused-ring (bicyclic) bond motifs is 2. The third-order valence-corrected chi connectivity index (χ3v) is 6.61. The van der Waals surface area contributed by atoms with E-state index in [4.69, 9.17) is 16.3 Å². The van der Waals surface area contributed by atoms with Gasteiger partial charge in [-0.3, -0.25) is 4.90 Å². The van der Waals surface area contributed by atoms with Crippen LogP contribution in [0.3, 0.4) is 0 Å². The molecule has 0 amide bonds. The minimum Gasteiger partial charge on any atom is -0.461 e. The van der Waals surface area contributed by atoms with E-state index in [9.17, 15) is 13.2 Å². The van der Waals surface area contributed by atoms with E-state index in [0.29, 0.717) is 30.6 Å². The number of nitrogens with zero attached hydrogens (tertiary/aromatic N) is 5. The van der Waals surface area contributed by atoms with Crippen LogP contribution in [0.1, 0.15) is 25.7 Å². The van der Waals surface area contributed by atoms with Crippen LogP contribution in [0.5, 0.6) is 6.01 Å². The van der Waals surface area contributed by atoms with Crippen molar-refractivity contribution in [2.75, 3.05) is 31.6 Å². The number of ether oxygens (including phenoxy) is 1. The van der Waals surface area contributed by atoms with Crippen LogP contribution < -0.4 is 9.64 Å². The number of rotatable bonds is 5. The summed E-state index contributed by atoms with van der Waals surface area (Å²) in [6.45, 7) is 1.47. The van der Waals surface area contributed by atoms with Crippen molar-refractivity contribution in [3.05, 3.63) is 17.2 Å². The maximum atomic E-state index is 14.6. The highest BCUT2D eigenvalue weighted by Crippen LogP contribution is 2.41. The Morgan fingerprint density at radius 2 is 2.17 bits per heavy atom. The molecule has 2 saturated heterocycles. The molecule has 2 aromatic rings. The monoisotopic (exact) mass is 427 g/mol. The van der Waals surface area contributed by atoms with Crippen LogP contribution >= 0.6 is 11.6 Å². The molecule has 4 atom stereocenters. The van der Waals surface area contributed by atoms with Crippen LogP contribution in [0.25, 0.3) is 10.9 Å². The Bertz CT molecular complexity index is 965. The molecule has 3 fully saturated rings. The van der Waals surface area contributed by atoms with Crippen LogP contribution in [0.2, 0.25) is 5.15 Å². The Kier molecular flexibility index (Phi) is 4.51. The molecule has 2 aliphatic heterocycles. The minimum absolute atomic E-state index is 0.0246. The second-order valence-electron chi connectivity index (χ2n) is 8.25. The van der Waals surface area contributed by atoms with E-state index in [1.54, 1.807) is 11.9 Å². The average Bonchev–Trinajstić information content (AvgIpc) is 3.17. The van der Waals surface area contributed by atoms with E-state index in [2.05, 4.69) is 19.9 Å². The number of hydrogen-bond acceptors (Lipinski definition) is 6. The summed E-state index contributed by atoms with van der Waals surface area (Å²) in [5.74, 6) is -0.433. The van der Waals surface area contributed by atoms with E-state index in [1.807, 2.05) is 0 Å². The molecule has 29 heavy (non-hydrogen) atoms. The van der Waals surface area contributed by atoms with Crippen molar-refractivity contribution in [3.63, 3.8) is 0 Å². The standard InChI is InChI=1S/C19H21ClF3N5O/c1-27(13-5-12(13)22)17-11-7-24-16(20)14(23)15(11)25-18(26-17)29-9-19-3-2-4-28(19)8-10(21)6-19/h7,10,12-13H,2-6,8-9H2,1H3/t10-,12+,13+,19+/m1/s1. The molecule has 156 valence electrons. The lowest BCUT2D eigenvalue weighted by Crippen LogP contribution is -2.43. The van der Waals surface area contributed by atoms with Crippen molar-refractivity contribution in [1.82, 2.24) is 19.9 Å². The number of anilines is 1. The molecule has 1 aliphatic carbocycles. The van der Waals surface area contributed by atoms with Crippen molar-refractivity contribution < 1.29 is 17.9 Å². The zero-order valence-electron chi connectivity index (χ0n) is 15.9. The molecule has 10 heteroatoms. The molecule has 0 radical (unpaired) electrons. The maximum Gasteiger partial charge on any atom is 0.319 e. The van der Waals surface area contributed by atoms with Crippen molar-refractivity contribution in [1.29, 1.82) is 0 Å². The molecular formula is C19H21ClF3N5O. The summed E-state index contributed by atoms with van der Waals surface area (Å²) in [5.41, 5.74) is -0.401. The lowest BCUT2D eigenvalue weighted by Gasteiger charge is -2.31. The predicted molar refractivity (Wildman–Crippen MR) is 103 cm³/mol. The third-order valence-electron chi connectivity index (χ3n) is 6.34. The Morgan fingerprint density at radius 1 is 1.38 bits per heavy atom. The lowest BCUT2D eigenvalue weighted by molar-refractivity contribution is 0.107. The van der Waals surface area contributed by atoms with Crippen LogP contribution in [-0.4, -0.2) is 70.5 Å². The molecule has 0 spiro atoms. The Morgan fingerprint density at radius 3 is 2.93 bits per heavy atom. The van der Waals surface area contributed by atoms with Gasteiger partial charge in [-0.05, 0) is 19.4 Å². The molecule has 6 nitrogen and oxygen atoms in total. The fourth-order valence-electron chi connectivity index (χ4n) is 4.69. The highest BCUT2D eigenvalue weighted by Gasteiger charge is 2.49. The first-order valence-corrected chi connectivity index (χ1v) is 10.2. The number of aromatic nitrogens is 3. The normalized spacial score (nSPS) is 31.3. The van der Waals surface area contributed by atoms with Gasteiger partial charge in [-0.15, -0.1) is 0 Å². The molecule has 0 unspecified atom stereocenters. The van der Waals surface area contributed by atoms with Gasteiger partial charge in [-0.1, -0.05) is 11.6 Å². The van der Waals surface area contributed by atoms with Crippen molar-refractivity contribution in [3.8, 4) is 6.01 Å². The van der Waals surface area contributed by atoms with Crippen LogP contribution in [-0.2, 0) is 0 Å². The van der Waals surface area contributed by atoms with Crippen molar-refractivity contribution in [2.45, 2.75) is 49.6 Å². The fraction of sp³-hybridized carbons (Fsp3) is 0.632. The summed E-state index contributed by atoms with van der Waals surface area (Å²) in [4.78, 5) is 16.2. The van der Waals surface area contributed by atoms with Gasteiger partial charge in [0.2, 0.25) is 0 Å². The van der Waals surface area contributed by atoms with Gasteiger partial charge < -0.3 is 9.64 Å². The summed E-state index contributed by atoms with van der Waals surface area (Å²) in [6, 6.07) is -0.356. The van der Waals surface area contributed by atoms with E-state index in [1.165, 1.54) is 6.20 Å². The second-order valence-corrected chi connectivity index (χ2v) is 8.61. The van der Waals surface area contributed by atoms with Gasteiger partial charge in [0.15, 0.2) is 11.0 Å². The molecule has 5 rings (SSSR count). The SMILES string of the molecule is CN(c1nc(OC[C@@]23CCCN2C[C@H](F)C3)nc2c(F)c(Cl)ncc12)[C@H]1C[C@@H]1F. The Balaban J connectivity index is 1.49. The first-order chi connectivity index (χ1) is 13.9. The van der Waals surface area contributed by atoms with Gasteiger partial charge in [0.05, 0.1) is 17.0 Å². The molecule has 4 heterocycles. The Labute approximate surface area is 171 Å². The number of pyridine rings is 1. The van der Waals surface area contributed by atoms with Crippen molar-refractivity contribution in [2.24, 2.45) is 0 Å². The maximum absolute atomic E-state index is 14.6. The minimum atomic E-state index is -0.953. The number of hydrogen-bond donors (Lipinski definition) is 0. The number of alkyl halides is 2. The van der Waals surface area contributed by atoms with E-state index < -0.39 is 18.2 Å². The van der Waals surface area contributed by atoms with E-state index in [-0.39, 0.29) is 34.9 Å². The summed E-state index contributed by atoms with van der Waals surface area (Å²) in [6.07, 6.45) is 2.17. The summed E-state index contributed by atoms with van der Waals surface area (Å²) in [7, 11) is 1.70. The molecular weight excluding hydrogens is 407 g/mol. The molecule has 3 aliphatic rings. The Hall–Kier alpha value is -1.87. The van der Waals surface area contributed by atoms with Crippen LogP contribution in [0.4, 0.5) is 19.0 Å². The molecule has 1 saturated carbocycles. The zero-order valence-corrected chi connectivity index (χ0v) is 16.7. The molecule has 2 aromatic heterocycles. The first kappa shape index (κ1) is 19.1. The van der Waals surface area contributed by atoms with Gasteiger partial charge in [-0.2, -0.15) is 9.97 Å². The predicted octanol–water partition coefficient (Wildman–Crippen LogP) is 3.32. The highest BCUT2D eigenvalue weighted by molar-refractivity contribution is 6.30. The molecule has 0 N–H and O–H groups in total. The largest absolute Gasteiger partial charge is 0.461 e. The average molecular weight is 428 g/mol. The summed E-state index contributed by atoms with van der Waals surface area (Å²) < 4.78 is 48.1. The molecule has 0 aromatic carbocycles. The van der Waals surface area contributed by atoms with Gasteiger partial charge in [0, 0.05) is 32.6 Å². The number of halogens is 4. The second kappa shape index (κ2) is 6.84. The van der Waals surface area contributed by atoms with E-state index in [0.717, 1.165) is 19.4 Å². The fourth-order valence-corrected chi connectivity index (χ4v) is 4.83. The van der Waals surface area contributed by atoms with Crippen molar-refractivity contribution >= 4 is 28.3 Å².